The van der Waals surface area contributed by atoms with Crippen LogP contribution in [-0.2, 0) is 54.9 Å². The number of esters is 1. The first kappa shape index (κ1) is 51.9. The van der Waals surface area contributed by atoms with E-state index in [-0.39, 0.29) is 18.8 Å². The quantitative estimate of drug-likeness (QED) is 0.178. The van der Waals surface area contributed by atoms with Gasteiger partial charge in [0.25, 0.3) is 0 Å². The molecule has 4 heterocycles. The number of aliphatic hydroxyl groups is 5. The minimum atomic E-state index is -1.31. The number of rotatable bonds is 13. The number of cyclic esters (lactones) is 1. The number of nitrogens with zero attached hydrogens (tertiary/aromatic N) is 4. The molecule has 0 bridgehead atoms. The summed E-state index contributed by atoms with van der Waals surface area (Å²) < 4.78 is 43.9. The molecule has 0 saturated carbocycles. The maximum atomic E-state index is 13.9. The molecule has 3 aliphatic heterocycles. The Kier molecular flexibility index (Phi) is 19.2. The van der Waals surface area contributed by atoms with Gasteiger partial charge in [0.05, 0.1) is 55.8 Å². The molecular formula is C44H74N4O14. The number of allylic oxidation sites excluding steroid dienone is 3. The van der Waals surface area contributed by atoms with Crippen LogP contribution < -0.4 is 0 Å². The predicted molar refractivity (Wildman–Crippen MR) is 225 cm³/mol. The van der Waals surface area contributed by atoms with Gasteiger partial charge in [-0.1, -0.05) is 43.7 Å². The van der Waals surface area contributed by atoms with Crippen LogP contribution in [0.2, 0.25) is 0 Å². The highest BCUT2D eigenvalue weighted by Gasteiger charge is 2.48. The second kappa shape index (κ2) is 22.9. The van der Waals surface area contributed by atoms with Crippen LogP contribution in [0.1, 0.15) is 86.8 Å². The van der Waals surface area contributed by atoms with Crippen molar-refractivity contribution in [2.24, 2.45) is 23.7 Å². The number of hydrogen-bond acceptors (Lipinski definition) is 17. The molecule has 2 saturated heterocycles. The number of methoxy groups -OCH3 is 2. The average molecular weight is 883 g/mol. The summed E-state index contributed by atoms with van der Waals surface area (Å²) in [6.07, 6.45) is -3.86. The van der Waals surface area contributed by atoms with Gasteiger partial charge in [0, 0.05) is 38.5 Å². The van der Waals surface area contributed by atoms with E-state index in [1.807, 2.05) is 26.8 Å². The van der Waals surface area contributed by atoms with E-state index in [9.17, 15) is 35.1 Å². The minimum absolute atomic E-state index is 0.00941. The van der Waals surface area contributed by atoms with Crippen LogP contribution in [0.5, 0.6) is 0 Å². The van der Waals surface area contributed by atoms with Gasteiger partial charge in [0.1, 0.15) is 41.8 Å². The molecule has 4 rings (SSSR count). The van der Waals surface area contributed by atoms with Crippen LogP contribution in [-0.4, -0.2) is 172 Å². The molecule has 62 heavy (non-hydrogen) atoms. The lowest BCUT2D eigenvalue weighted by molar-refractivity contribution is -0.304. The summed E-state index contributed by atoms with van der Waals surface area (Å²) in [4.78, 5) is 29.5. The minimum Gasteiger partial charge on any atom is -0.462 e. The number of hydrogen-bond donors (Lipinski definition) is 5. The van der Waals surface area contributed by atoms with Gasteiger partial charge in [0.15, 0.2) is 18.4 Å². The lowest BCUT2D eigenvalue weighted by Gasteiger charge is -2.46. The highest BCUT2D eigenvalue weighted by atomic mass is 16.7. The fraction of sp³-hybridized carbons (Fsp3) is 0.818. The van der Waals surface area contributed by atoms with Gasteiger partial charge in [-0.05, 0) is 80.0 Å². The van der Waals surface area contributed by atoms with E-state index in [2.05, 4.69) is 10.3 Å². The highest BCUT2D eigenvalue weighted by Crippen LogP contribution is 2.35. The standard InChI is InChI=1S/C44H74N4O14/c1-13-32-29(22-58-43-41(57-12)40(56-11)37(53)27(6)60-43)18-23(2)14-15-30(49)24(3)19-28(16-17-48-21-33(45-46-48)44(7,8)55)39(25(4)31(50)20-34(51)61-32)62-42-38(54)35(47(9)10)36(52)26(5)59-42/h14-15,18,21,24-29,31-32,35-43,50,52-55H,13,16-17,19-20,22H2,1-12H3/b15-14+,23-18+/t24-,25+,26-,27?,28+,29-,31-,32-,35?,36-,37-,38?,39-,40+,41?,42+,43-/m1/s1. The van der Waals surface area contributed by atoms with Crippen LogP contribution in [0, 0.1) is 23.7 Å². The Labute approximate surface area is 366 Å². The molecule has 18 nitrogen and oxygen atoms in total. The van der Waals surface area contributed by atoms with Crippen molar-refractivity contribution in [3.63, 3.8) is 0 Å². The summed E-state index contributed by atoms with van der Waals surface area (Å²) in [7, 11) is 6.42. The Balaban J connectivity index is 1.71. The first-order valence-corrected chi connectivity index (χ1v) is 21.9. The van der Waals surface area contributed by atoms with E-state index in [0.29, 0.717) is 30.7 Å². The van der Waals surface area contributed by atoms with Crippen molar-refractivity contribution < 1.29 is 68.3 Å². The zero-order valence-corrected chi connectivity index (χ0v) is 38.6. The number of likely N-dealkylation sites (N-methyl/N-ethyl adjacent to an activating group) is 1. The summed E-state index contributed by atoms with van der Waals surface area (Å²) in [5, 5.41) is 64.0. The second-order valence-corrected chi connectivity index (χ2v) is 18.2. The molecular weight excluding hydrogens is 808 g/mol. The van der Waals surface area contributed by atoms with E-state index in [1.54, 1.807) is 70.6 Å². The van der Waals surface area contributed by atoms with Crippen LogP contribution >= 0.6 is 0 Å². The molecule has 5 N–H and O–H groups in total. The van der Waals surface area contributed by atoms with Crippen LogP contribution in [0.3, 0.4) is 0 Å². The van der Waals surface area contributed by atoms with E-state index in [1.165, 1.54) is 20.3 Å². The van der Waals surface area contributed by atoms with Crippen LogP contribution in [0.4, 0.5) is 0 Å². The van der Waals surface area contributed by atoms with Crippen LogP contribution in [0.15, 0.2) is 30.0 Å². The van der Waals surface area contributed by atoms with Gasteiger partial charge in [-0.25, -0.2) is 0 Å². The number of ketones is 1. The molecule has 0 aliphatic carbocycles. The van der Waals surface area contributed by atoms with E-state index in [4.69, 9.17) is 33.2 Å². The maximum Gasteiger partial charge on any atom is 0.308 e. The second-order valence-electron chi connectivity index (χ2n) is 18.2. The summed E-state index contributed by atoms with van der Waals surface area (Å²) in [6.45, 7) is 14.2. The van der Waals surface area contributed by atoms with E-state index >= 15 is 0 Å². The van der Waals surface area contributed by atoms with Crippen molar-refractivity contribution in [2.75, 3.05) is 34.9 Å². The van der Waals surface area contributed by atoms with Gasteiger partial charge in [-0.3, -0.25) is 14.3 Å². The molecule has 2 fully saturated rings. The Morgan fingerprint density at radius 1 is 0.919 bits per heavy atom. The SMILES string of the molecule is CC[C@H]1OC(=O)C[C@@H](O)[C@H](C)[C@@H](O[C@@H]2O[C@H](C)[C@@H](O)C(N(C)C)C2O)[C@@H](CCn2cc(C(C)(C)O)nn2)C[C@@H](C)C(=O)/C=C/C(C)=C/[C@@H]1CO[C@@H]1OC(C)[C@@H](O)[C@H](OC)C1OC. The highest BCUT2D eigenvalue weighted by molar-refractivity contribution is 5.91. The molecule has 17 atom stereocenters. The molecule has 3 aliphatic rings. The number of aromatic nitrogens is 3. The number of aliphatic hydroxyl groups excluding tert-OH is 4. The molecule has 4 unspecified atom stereocenters. The maximum absolute atomic E-state index is 13.9. The summed E-state index contributed by atoms with van der Waals surface area (Å²) in [6, 6.07) is -0.745. The van der Waals surface area contributed by atoms with Gasteiger partial charge in [-0.15, -0.1) is 5.10 Å². The predicted octanol–water partition coefficient (Wildman–Crippen LogP) is 1.88. The van der Waals surface area contributed by atoms with Crippen molar-refractivity contribution in [1.82, 2.24) is 19.9 Å². The molecule has 0 radical (unpaired) electrons. The van der Waals surface area contributed by atoms with E-state index < -0.39 is 121 Å². The fourth-order valence-corrected chi connectivity index (χ4v) is 8.67. The van der Waals surface area contributed by atoms with Gasteiger partial charge >= 0.3 is 5.97 Å². The number of ether oxygens (including phenoxy) is 7. The fourth-order valence-electron chi connectivity index (χ4n) is 8.67. The third kappa shape index (κ3) is 13.2. The Hall–Kier alpha value is -2.72. The molecule has 0 aromatic carbocycles. The average Bonchev–Trinajstić information content (AvgIpc) is 3.70. The van der Waals surface area contributed by atoms with Crippen molar-refractivity contribution in [1.29, 1.82) is 0 Å². The number of carbonyl (C=O) groups is 2. The molecule has 1 aromatic rings. The van der Waals surface area contributed by atoms with Gasteiger partial charge < -0.3 is 63.6 Å². The molecule has 18 heteroatoms. The Morgan fingerprint density at radius 3 is 2.16 bits per heavy atom. The Bertz CT molecular complexity index is 1630. The van der Waals surface area contributed by atoms with Crippen LogP contribution in [0.25, 0.3) is 0 Å². The zero-order chi connectivity index (χ0) is 46.2. The molecule has 1 aromatic heterocycles. The van der Waals surface area contributed by atoms with Crippen molar-refractivity contribution in [3.05, 3.63) is 35.7 Å². The van der Waals surface area contributed by atoms with Crippen molar-refractivity contribution in [2.45, 2.75) is 173 Å². The van der Waals surface area contributed by atoms with Gasteiger partial charge in [0.2, 0.25) is 0 Å². The smallest absolute Gasteiger partial charge is 0.308 e. The van der Waals surface area contributed by atoms with Crippen molar-refractivity contribution in [3.8, 4) is 0 Å². The number of carbonyl (C=O) groups excluding carboxylic acids is 2. The lowest BCUT2D eigenvalue weighted by atomic mass is 9.79. The topological polar surface area (TPSA) is 234 Å². The van der Waals surface area contributed by atoms with Gasteiger partial charge in [-0.2, -0.15) is 0 Å². The zero-order valence-electron chi connectivity index (χ0n) is 38.6. The third-order valence-corrected chi connectivity index (χ3v) is 12.6. The number of aryl methyl sites for hydroxylation is 1. The molecule has 0 amide bonds. The molecule has 354 valence electrons. The van der Waals surface area contributed by atoms with E-state index in [0.717, 1.165) is 0 Å². The lowest BCUT2D eigenvalue weighted by Crippen LogP contribution is -2.63. The van der Waals surface area contributed by atoms with Crippen molar-refractivity contribution >= 4 is 11.8 Å². The third-order valence-electron chi connectivity index (χ3n) is 12.6. The normalized spacial score (nSPS) is 39.9. The molecule has 0 spiro atoms. The first-order chi connectivity index (χ1) is 29.1. The largest absolute Gasteiger partial charge is 0.462 e. The monoisotopic (exact) mass is 883 g/mol. The Morgan fingerprint density at radius 2 is 1.56 bits per heavy atom. The summed E-state index contributed by atoms with van der Waals surface area (Å²) in [5.74, 6) is -3.16. The summed E-state index contributed by atoms with van der Waals surface area (Å²) >= 11 is 0. The summed E-state index contributed by atoms with van der Waals surface area (Å²) in [5.41, 5.74) is -0.143. The first-order valence-electron chi connectivity index (χ1n) is 21.9.